The summed E-state index contributed by atoms with van der Waals surface area (Å²) in [5.41, 5.74) is 2.33. The Balaban J connectivity index is 1.75. The van der Waals surface area contributed by atoms with E-state index in [4.69, 9.17) is 0 Å². The van der Waals surface area contributed by atoms with E-state index in [0.29, 0.717) is 17.7 Å². The van der Waals surface area contributed by atoms with Crippen LogP contribution >= 0.6 is 0 Å². The summed E-state index contributed by atoms with van der Waals surface area (Å²) in [6, 6.07) is 11.1. The lowest BCUT2D eigenvalue weighted by Gasteiger charge is -2.28. The second-order valence-electron chi connectivity index (χ2n) is 5.99. The van der Waals surface area contributed by atoms with Crippen LogP contribution in [0.2, 0.25) is 0 Å². The number of carbonyl (C=O) groups is 2. The fourth-order valence-electron chi connectivity index (χ4n) is 3.15. The zero-order valence-corrected chi connectivity index (χ0v) is 13.5. The molecule has 2 aromatic rings. The van der Waals surface area contributed by atoms with Gasteiger partial charge >= 0.3 is 0 Å². The van der Waals surface area contributed by atoms with Gasteiger partial charge in [-0.05, 0) is 49.7 Å². The summed E-state index contributed by atoms with van der Waals surface area (Å²) in [7, 11) is 0. The van der Waals surface area contributed by atoms with Gasteiger partial charge in [-0.15, -0.1) is 0 Å². The maximum atomic E-state index is 12.3. The highest BCUT2D eigenvalue weighted by molar-refractivity contribution is 5.94. The Labute approximate surface area is 141 Å². The molecule has 24 heavy (non-hydrogen) atoms. The molecule has 5 nitrogen and oxygen atoms in total. The standard InChI is InChI=1S/C19H21N3O2/c23-14-15-4-3-5-17(12-15)18(22-10-1-2-11-22)13-21-19(24)16-6-8-20-9-7-16/h3-9,12,14,18H,1-2,10-11,13H2,(H,21,24). The second-order valence-corrected chi connectivity index (χ2v) is 5.99. The molecule has 1 unspecified atom stereocenters. The molecule has 5 heteroatoms. The Morgan fingerprint density at radius 1 is 1.21 bits per heavy atom. The molecule has 1 atom stereocenters. The van der Waals surface area contributed by atoms with E-state index < -0.39 is 0 Å². The van der Waals surface area contributed by atoms with Gasteiger partial charge in [-0.3, -0.25) is 19.5 Å². The van der Waals surface area contributed by atoms with Crippen LogP contribution in [0.4, 0.5) is 0 Å². The molecule has 1 amide bonds. The Morgan fingerprint density at radius 2 is 1.96 bits per heavy atom. The van der Waals surface area contributed by atoms with Gasteiger partial charge in [0.1, 0.15) is 6.29 Å². The average Bonchev–Trinajstić information content (AvgIpc) is 3.17. The van der Waals surface area contributed by atoms with Gasteiger partial charge in [-0.2, -0.15) is 0 Å². The van der Waals surface area contributed by atoms with Crippen LogP contribution in [0, 0.1) is 0 Å². The fraction of sp³-hybridized carbons (Fsp3) is 0.316. The molecule has 0 aliphatic carbocycles. The molecular weight excluding hydrogens is 302 g/mol. The molecule has 1 aliphatic heterocycles. The lowest BCUT2D eigenvalue weighted by molar-refractivity contribution is 0.0937. The summed E-state index contributed by atoms with van der Waals surface area (Å²) in [5, 5.41) is 3.02. The van der Waals surface area contributed by atoms with Crippen molar-refractivity contribution < 1.29 is 9.59 Å². The first-order valence-corrected chi connectivity index (χ1v) is 8.25. The van der Waals surface area contributed by atoms with Crippen molar-refractivity contribution in [1.82, 2.24) is 15.2 Å². The third-order valence-corrected chi connectivity index (χ3v) is 4.41. The molecule has 1 N–H and O–H groups in total. The van der Waals surface area contributed by atoms with Crippen LogP contribution in [0.15, 0.2) is 48.8 Å². The van der Waals surface area contributed by atoms with Gasteiger partial charge in [0.15, 0.2) is 0 Å². The molecule has 1 aliphatic rings. The van der Waals surface area contributed by atoms with Crippen molar-refractivity contribution in [2.45, 2.75) is 18.9 Å². The third-order valence-electron chi connectivity index (χ3n) is 4.41. The van der Waals surface area contributed by atoms with E-state index >= 15 is 0 Å². The summed E-state index contributed by atoms with van der Waals surface area (Å²) in [6.45, 7) is 2.55. The number of rotatable bonds is 6. The smallest absolute Gasteiger partial charge is 0.251 e. The van der Waals surface area contributed by atoms with Crippen molar-refractivity contribution in [1.29, 1.82) is 0 Å². The highest BCUT2D eigenvalue weighted by Gasteiger charge is 2.24. The largest absolute Gasteiger partial charge is 0.350 e. The Bertz CT molecular complexity index is 697. The number of hydrogen-bond donors (Lipinski definition) is 1. The molecule has 2 heterocycles. The zero-order chi connectivity index (χ0) is 16.8. The summed E-state index contributed by atoms with van der Waals surface area (Å²) < 4.78 is 0. The normalized spacial score (nSPS) is 15.8. The van der Waals surface area contributed by atoms with E-state index in [2.05, 4.69) is 15.2 Å². The lowest BCUT2D eigenvalue weighted by Crippen LogP contribution is -2.36. The Kier molecular flexibility index (Phi) is 5.33. The van der Waals surface area contributed by atoms with Gasteiger partial charge in [0.05, 0.1) is 6.04 Å². The number of nitrogens with zero attached hydrogens (tertiary/aromatic N) is 2. The molecule has 1 aromatic heterocycles. The maximum Gasteiger partial charge on any atom is 0.251 e. The van der Waals surface area contributed by atoms with E-state index in [9.17, 15) is 9.59 Å². The summed E-state index contributed by atoms with van der Waals surface area (Å²) in [5.74, 6) is -0.104. The van der Waals surface area contributed by atoms with Crippen LogP contribution in [0.5, 0.6) is 0 Å². The molecule has 3 rings (SSSR count). The van der Waals surface area contributed by atoms with Crippen molar-refractivity contribution in [3.8, 4) is 0 Å². The number of aldehydes is 1. The van der Waals surface area contributed by atoms with E-state index in [1.807, 2.05) is 18.2 Å². The molecule has 1 saturated heterocycles. The van der Waals surface area contributed by atoms with Gasteiger partial charge in [0.25, 0.3) is 5.91 Å². The number of hydrogen-bond acceptors (Lipinski definition) is 4. The van der Waals surface area contributed by atoms with Crippen LogP contribution in [0.1, 0.15) is 45.2 Å². The van der Waals surface area contributed by atoms with Crippen molar-refractivity contribution in [3.05, 3.63) is 65.5 Å². The van der Waals surface area contributed by atoms with Gasteiger partial charge in [-0.1, -0.05) is 18.2 Å². The van der Waals surface area contributed by atoms with Crippen LogP contribution in [0.3, 0.4) is 0 Å². The van der Waals surface area contributed by atoms with Gasteiger partial charge < -0.3 is 5.32 Å². The maximum absolute atomic E-state index is 12.3. The Hall–Kier alpha value is -2.53. The van der Waals surface area contributed by atoms with E-state index in [-0.39, 0.29) is 11.9 Å². The summed E-state index contributed by atoms with van der Waals surface area (Å²) in [6.07, 6.45) is 6.42. The van der Waals surface area contributed by atoms with Crippen LogP contribution in [-0.4, -0.2) is 41.7 Å². The highest BCUT2D eigenvalue weighted by atomic mass is 16.1. The first-order valence-electron chi connectivity index (χ1n) is 8.25. The predicted molar refractivity (Wildman–Crippen MR) is 91.9 cm³/mol. The quantitative estimate of drug-likeness (QED) is 0.830. The SMILES string of the molecule is O=Cc1cccc(C(CNC(=O)c2ccncc2)N2CCCC2)c1. The fourth-order valence-corrected chi connectivity index (χ4v) is 3.15. The number of likely N-dealkylation sites (tertiary alicyclic amines) is 1. The summed E-state index contributed by atoms with van der Waals surface area (Å²) >= 11 is 0. The Morgan fingerprint density at radius 3 is 2.67 bits per heavy atom. The van der Waals surface area contributed by atoms with Crippen molar-refractivity contribution in [2.75, 3.05) is 19.6 Å². The average molecular weight is 323 g/mol. The molecule has 0 saturated carbocycles. The van der Waals surface area contributed by atoms with Crippen LogP contribution in [-0.2, 0) is 0 Å². The highest BCUT2D eigenvalue weighted by Crippen LogP contribution is 2.25. The predicted octanol–water partition coefficient (Wildman–Crippen LogP) is 2.46. The van der Waals surface area contributed by atoms with Crippen LogP contribution in [0.25, 0.3) is 0 Å². The minimum absolute atomic E-state index is 0.0817. The number of amides is 1. The van der Waals surface area contributed by atoms with Crippen molar-refractivity contribution in [2.24, 2.45) is 0 Å². The first kappa shape index (κ1) is 16.3. The molecular formula is C19H21N3O2. The topological polar surface area (TPSA) is 62.3 Å². The minimum atomic E-state index is -0.104. The number of nitrogens with one attached hydrogen (secondary N) is 1. The van der Waals surface area contributed by atoms with Crippen molar-refractivity contribution in [3.63, 3.8) is 0 Å². The zero-order valence-electron chi connectivity index (χ0n) is 13.5. The first-order chi connectivity index (χ1) is 11.8. The molecule has 0 radical (unpaired) electrons. The number of aromatic nitrogens is 1. The van der Waals surface area contributed by atoms with Gasteiger partial charge in [0.2, 0.25) is 0 Å². The molecule has 0 spiro atoms. The molecule has 124 valence electrons. The number of pyridine rings is 1. The van der Waals surface area contributed by atoms with E-state index in [1.165, 1.54) is 12.8 Å². The lowest BCUT2D eigenvalue weighted by atomic mass is 10.0. The van der Waals surface area contributed by atoms with E-state index in [0.717, 1.165) is 24.9 Å². The van der Waals surface area contributed by atoms with Crippen molar-refractivity contribution >= 4 is 12.2 Å². The minimum Gasteiger partial charge on any atom is -0.350 e. The summed E-state index contributed by atoms with van der Waals surface area (Å²) in [4.78, 5) is 29.7. The van der Waals surface area contributed by atoms with Gasteiger partial charge in [0, 0.05) is 30.1 Å². The number of carbonyl (C=O) groups excluding carboxylic acids is 2. The molecule has 1 aromatic carbocycles. The third kappa shape index (κ3) is 3.86. The monoisotopic (exact) mass is 323 g/mol. The second kappa shape index (κ2) is 7.84. The number of benzene rings is 1. The van der Waals surface area contributed by atoms with Gasteiger partial charge in [-0.25, -0.2) is 0 Å². The molecule has 0 bridgehead atoms. The van der Waals surface area contributed by atoms with E-state index in [1.54, 1.807) is 30.6 Å². The van der Waals surface area contributed by atoms with Crippen LogP contribution < -0.4 is 5.32 Å². The molecule has 1 fully saturated rings.